The Hall–Kier alpha value is -9.76. The first-order chi connectivity index (χ1) is 38.4. The van der Waals surface area contributed by atoms with Crippen LogP contribution < -0.4 is 4.90 Å². The zero-order valence-electron chi connectivity index (χ0n) is 43.5. The van der Waals surface area contributed by atoms with E-state index in [1.165, 1.54) is 122 Å². The molecular formula is C76H52N2. The first kappa shape index (κ1) is 44.5. The van der Waals surface area contributed by atoms with Crippen LogP contribution in [-0.2, 0) is 10.8 Å². The van der Waals surface area contributed by atoms with Crippen LogP contribution in [0.2, 0.25) is 0 Å². The number of benzene rings is 12. The Kier molecular flexibility index (Phi) is 9.63. The molecule has 12 aromatic carbocycles. The van der Waals surface area contributed by atoms with Crippen LogP contribution in [0.1, 0.15) is 47.2 Å². The van der Waals surface area contributed by atoms with Crippen molar-refractivity contribution in [3.8, 4) is 72.4 Å². The molecule has 0 amide bonds. The number of para-hydroxylation sites is 1. The van der Waals surface area contributed by atoms with Gasteiger partial charge in [-0.2, -0.15) is 0 Å². The van der Waals surface area contributed by atoms with Gasteiger partial charge in [-0.05, 0) is 173 Å². The van der Waals surface area contributed by atoms with Gasteiger partial charge in [0, 0.05) is 38.9 Å². The van der Waals surface area contributed by atoms with Gasteiger partial charge >= 0.3 is 0 Å². The second-order valence-corrected chi connectivity index (χ2v) is 22.0. The van der Waals surface area contributed by atoms with Gasteiger partial charge in [-0.3, -0.25) is 0 Å². The molecule has 366 valence electrons. The highest BCUT2D eigenvalue weighted by molar-refractivity contribution is 6.12. The van der Waals surface area contributed by atoms with Gasteiger partial charge < -0.3 is 9.47 Å². The molecule has 1 spiro atoms. The molecule has 2 nitrogen and oxygen atoms in total. The van der Waals surface area contributed by atoms with Crippen molar-refractivity contribution in [3.05, 3.63) is 312 Å². The average molecular weight is 993 g/mol. The number of anilines is 3. The van der Waals surface area contributed by atoms with Gasteiger partial charge in [-0.25, -0.2) is 0 Å². The van der Waals surface area contributed by atoms with E-state index in [0.717, 1.165) is 22.7 Å². The fourth-order valence-corrected chi connectivity index (χ4v) is 14.1. The molecule has 0 fully saturated rings. The van der Waals surface area contributed by atoms with Gasteiger partial charge in [0.2, 0.25) is 0 Å². The monoisotopic (exact) mass is 992 g/mol. The fourth-order valence-electron chi connectivity index (χ4n) is 14.1. The second-order valence-electron chi connectivity index (χ2n) is 22.0. The Labute approximate surface area is 455 Å². The predicted molar refractivity (Wildman–Crippen MR) is 326 cm³/mol. The van der Waals surface area contributed by atoms with E-state index in [-0.39, 0.29) is 5.41 Å². The zero-order chi connectivity index (χ0) is 51.7. The number of rotatable bonds is 7. The highest BCUT2D eigenvalue weighted by Crippen LogP contribution is 2.64. The molecule has 1 heterocycles. The summed E-state index contributed by atoms with van der Waals surface area (Å²) in [6.45, 7) is 4.80. The molecule has 0 saturated carbocycles. The number of hydrogen-bond donors (Lipinski definition) is 0. The first-order valence-electron chi connectivity index (χ1n) is 27.3. The number of aromatic nitrogens is 1. The molecule has 0 aliphatic heterocycles. The lowest BCUT2D eigenvalue weighted by Crippen LogP contribution is -2.25. The highest BCUT2D eigenvalue weighted by Gasteiger charge is 2.52. The molecule has 0 saturated heterocycles. The number of nitrogens with zero attached hydrogens (tertiary/aromatic N) is 2. The molecule has 78 heavy (non-hydrogen) atoms. The second kappa shape index (κ2) is 16.9. The van der Waals surface area contributed by atoms with Gasteiger partial charge in [0.25, 0.3) is 0 Å². The van der Waals surface area contributed by atoms with Crippen LogP contribution in [0.25, 0.3) is 94.3 Å². The van der Waals surface area contributed by atoms with Crippen LogP contribution in [-0.4, -0.2) is 4.57 Å². The van der Waals surface area contributed by atoms with Crippen LogP contribution in [0.3, 0.4) is 0 Å². The Morgan fingerprint density at radius 1 is 0.282 bits per heavy atom. The van der Waals surface area contributed by atoms with Crippen LogP contribution in [0.15, 0.2) is 279 Å². The van der Waals surface area contributed by atoms with Crippen molar-refractivity contribution in [2.45, 2.75) is 24.7 Å². The Bertz CT molecular complexity index is 4530. The molecule has 0 bridgehead atoms. The van der Waals surface area contributed by atoms with Gasteiger partial charge in [-0.1, -0.05) is 220 Å². The summed E-state index contributed by atoms with van der Waals surface area (Å²) in [5, 5.41) is 2.42. The summed E-state index contributed by atoms with van der Waals surface area (Å²) < 4.78 is 2.43. The topological polar surface area (TPSA) is 8.17 Å². The summed E-state index contributed by atoms with van der Waals surface area (Å²) in [4.78, 5) is 2.51. The average Bonchev–Trinajstić information content (AvgIpc) is 3.96. The molecule has 16 rings (SSSR count). The van der Waals surface area contributed by atoms with E-state index >= 15 is 0 Å². The van der Waals surface area contributed by atoms with Crippen LogP contribution >= 0.6 is 0 Å². The maximum absolute atomic E-state index is 2.51. The highest BCUT2D eigenvalue weighted by atomic mass is 15.1. The van der Waals surface area contributed by atoms with E-state index in [9.17, 15) is 0 Å². The maximum Gasteiger partial charge on any atom is 0.0725 e. The normalized spacial score (nSPS) is 13.7. The summed E-state index contributed by atoms with van der Waals surface area (Å²) in [5.74, 6) is 0. The number of fused-ring (bicyclic) bond motifs is 16. The van der Waals surface area contributed by atoms with Crippen molar-refractivity contribution in [2.75, 3.05) is 4.90 Å². The third-order valence-corrected chi connectivity index (χ3v) is 17.6. The summed E-state index contributed by atoms with van der Waals surface area (Å²) in [6, 6.07) is 104. The summed E-state index contributed by atoms with van der Waals surface area (Å²) in [7, 11) is 0. The minimum absolute atomic E-state index is 0.245. The lowest BCUT2D eigenvalue weighted by Gasteiger charge is -2.30. The van der Waals surface area contributed by atoms with Crippen molar-refractivity contribution < 1.29 is 0 Å². The van der Waals surface area contributed by atoms with Crippen LogP contribution in [0, 0.1) is 0 Å². The van der Waals surface area contributed by atoms with E-state index in [1.807, 2.05) is 0 Å². The molecule has 0 atom stereocenters. The Morgan fingerprint density at radius 2 is 0.731 bits per heavy atom. The van der Waals surface area contributed by atoms with E-state index in [1.54, 1.807) is 0 Å². The maximum atomic E-state index is 2.51. The first-order valence-corrected chi connectivity index (χ1v) is 27.3. The quantitative estimate of drug-likeness (QED) is 0.154. The molecule has 2 heteroatoms. The summed E-state index contributed by atoms with van der Waals surface area (Å²) >= 11 is 0. The minimum atomic E-state index is -0.426. The van der Waals surface area contributed by atoms with E-state index in [0.29, 0.717) is 0 Å². The molecule has 0 radical (unpaired) electrons. The summed E-state index contributed by atoms with van der Waals surface area (Å²) in [6.07, 6.45) is 0. The SMILES string of the molecule is CC1(C)c2cc(-c3ccccc3)ccc2-c2ccc(N(c3cccc(-c4cccc5c4-c4ccccc4C54c5ccccc5-c5ccccc54)c3)c3ccc4c(c3)c3cc(-c5ccccc5)ccc3n4-c3ccccc3)cc21. The van der Waals surface area contributed by atoms with Gasteiger partial charge in [-0.15, -0.1) is 0 Å². The van der Waals surface area contributed by atoms with Crippen LogP contribution in [0.4, 0.5) is 17.1 Å². The molecule has 1 aromatic heterocycles. The third-order valence-electron chi connectivity index (χ3n) is 17.6. The molecule has 0 unspecified atom stereocenters. The molecule has 3 aliphatic carbocycles. The van der Waals surface area contributed by atoms with Crippen molar-refractivity contribution in [1.29, 1.82) is 0 Å². The van der Waals surface area contributed by atoms with Crippen LogP contribution in [0.5, 0.6) is 0 Å². The summed E-state index contributed by atoms with van der Waals surface area (Å²) in [5.41, 5.74) is 29.3. The lowest BCUT2D eigenvalue weighted by atomic mass is 9.70. The molecule has 13 aromatic rings. The smallest absolute Gasteiger partial charge is 0.0725 e. The molecular weight excluding hydrogens is 941 g/mol. The fraction of sp³-hybridized carbons (Fsp3) is 0.0526. The predicted octanol–water partition coefficient (Wildman–Crippen LogP) is 19.9. The van der Waals surface area contributed by atoms with Crippen molar-refractivity contribution in [1.82, 2.24) is 4.57 Å². The van der Waals surface area contributed by atoms with Crippen molar-refractivity contribution >= 4 is 38.9 Å². The molecule has 3 aliphatic rings. The minimum Gasteiger partial charge on any atom is -0.310 e. The van der Waals surface area contributed by atoms with Crippen molar-refractivity contribution in [2.24, 2.45) is 0 Å². The van der Waals surface area contributed by atoms with Gasteiger partial charge in [0.1, 0.15) is 0 Å². The number of hydrogen-bond acceptors (Lipinski definition) is 1. The lowest BCUT2D eigenvalue weighted by molar-refractivity contribution is 0.660. The zero-order valence-corrected chi connectivity index (χ0v) is 43.5. The Morgan fingerprint density at radius 3 is 1.42 bits per heavy atom. The van der Waals surface area contributed by atoms with Crippen molar-refractivity contribution in [3.63, 3.8) is 0 Å². The van der Waals surface area contributed by atoms with E-state index in [4.69, 9.17) is 0 Å². The van der Waals surface area contributed by atoms with Gasteiger partial charge in [0.05, 0.1) is 16.4 Å². The van der Waals surface area contributed by atoms with E-state index in [2.05, 4.69) is 302 Å². The Balaban J connectivity index is 0.911. The van der Waals surface area contributed by atoms with Gasteiger partial charge in [0.15, 0.2) is 0 Å². The third kappa shape index (κ3) is 6.32. The molecule has 0 N–H and O–H groups in total. The van der Waals surface area contributed by atoms with E-state index < -0.39 is 5.41 Å². The standard InChI is InChI=1S/C76H52N2/c1-75(2)70-46-52(50-22-8-4-9-23-50)36-40-61(70)62-41-38-57(48-71(62)75)77(56-39-43-73-65(47-56)64-45-51(49-20-6-3-7-21-49)37-42-72(64)78(73)54-25-10-5-11-26-54)55-27-18-24-53(44-55)58-31-19-35-69-74(58)63-30-14-17-34-68(63)76(69)66-32-15-12-28-59(66)60-29-13-16-33-67(60)76/h3-48H,1-2H3. The largest absolute Gasteiger partial charge is 0.310 e.